The zero-order valence-corrected chi connectivity index (χ0v) is 8.09. The van der Waals surface area contributed by atoms with Crippen LogP contribution >= 0.6 is 0 Å². The molecule has 0 bridgehead atoms. The van der Waals surface area contributed by atoms with Gasteiger partial charge >= 0.3 is 0 Å². The van der Waals surface area contributed by atoms with E-state index in [2.05, 4.69) is 5.16 Å². The van der Waals surface area contributed by atoms with Crippen molar-refractivity contribution < 1.29 is 5.21 Å². The Morgan fingerprint density at radius 2 is 1.93 bits per heavy atom. The van der Waals surface area contributed by atoms with Crippen molar-refractivity contribution in [3.63, 3.8) is 0 Å². The minimum Gasteiger partial charge on any atom is -0.411 e. The van der Waals surface area contributed by atoms with Gasteiger partial charge in [0.1, 0.15) is 0 Å². The summed E-state index contributed by atoms with van der Waals surface area (Å²) < 4.78 is 0. The van der Waals surface area contributed by atoms with Crippen molar-refractivity contribution in [1.29, 1.82) is 0 Å². The average Bonchev–Trinajstić information content (AvgIpc) is 2.25. The maximum atomic E-state index is 8.36. The largest absolute Gasteiger partial charge is 0.411 e. The second-order valence-electron chi connectivity index (χ2n) is 2.87. The zero-order valence-electron chi connectivity index (χ0n) is 8.09. The van der Waals surface area contributed by atoms with Crippen LogP contribution in [0.5, 0.6) is 0 Å². The summed E-state index contributed by atoms with van der Waals surface area (Å²) in [5, 5.41) is 11.4. The van der Waals surface area contributed by atoms with Gasteiger partial charge in [-0.3, -0.25) is 0 Å². The monoisotopic (exact) mass is 187 g/mol. The molecule has 0 aromatic heterocycles. The fourth-order valence-electron chi connectivity index (χ4n) is 0.959. The normalized spacial score (nSPS) is 12.8. The number of rotatable bonds is 3. The van der Waals surface area contributed by atoms with E-state index in [0.717, 1.165) is 5.56 Å². The first-order valence-electron chi connectivity index (χ1n) is 4.41. The fourth-order valence-corrected chi connectivity index (χ4v) is 0.959. The SMILES string of the molecule is CC(/C=C/C=C/c1ccccc1)=N/O. The number of benzene rings is 1. The summed E-state index contributed by atoms with van der Waals surface area (Å²) in [6.07, 6.45) is 7.46. The molecule has 0 aliphatic rings. The maximum Gasteiger partial charge on any atom is 0.0764 e. The first-order chi connectivity index (χ1) is 6.83. The van der Waals surface area contributed by atoms with Crippen LogP contribution in [0.2, 0.25) is 0 Å². The van der Waals surface area contributed by atoms with E-state index in [1.165, 1.54) is 0 Å². The van der Waals surface area contributed by atoms with Crippen LogP contribution in [0.25, 0.3) is 6.08 Å². The first-order valence-corrected chi connectivity index (χ1v) is 4.41. The Morgan fingerprint density at radius 1 is 1.21 bits per heavy atom. The second kappa shape index (κ2) is 5.75. The lowest BCUT2D eigenvalue weighted by atomic mass is 10.2. The minimum absolute atomic E-state index is 0.586. The van der Waals surface area contributed by atoms with E-state index in [1.807, 2.05) is 48.6 Å². The number of hydrogen-bond acceptors (Lipinski definition) is 2. The van der Waals surface area contributed by atoms with Gasteiger partial charge in [-0.05, 0) is 18.6 Å². The molecule has 0 unspecified atom stereocenters. The molecule has 0 saturated carbocycles. The molecule has 0 amide bonds. The van der Waals surface area contributed by atoms with E-state index in [4.69, 9.17) is 5.21 Å². The average molecular weight is 187 g/mol. The summed E-state index contributed by atoms with van der Waals surface area (Å²) in [6, 6.07) is 10.0. The van der Waals surface area contributed by atoms with Crippen molar-refractivity contribution in [2.24, 2.45) is 5.16 Å². The molecule has 0 atom stereocenters. The van der Waals surface area contributed by atoms with Crippen LogP contribution in [0.15, 0.2) is 53.7 Å². The second-order valence-corrected chi connectivity index (χ2v) is 2.87. The highest BCUT2D eigenvalue weighted by Gasteiger charge is 1.81. The third kappa shape index (κ3) is 3.72. The summed E-state index contributed by atoms with van der Waals surface area (Å²) >= 11 is 0. The Kier molecular flexibility index (Phi) is 4.21. The van der Waals surface area contributed by atoms with Crippen LogP contribution in [0.1, 0.15) is 12.5 Å². The summed E-state index contributed by atoms with van der Waals surface area (Å²) in [7, 11) is 0. The summed E-state index contributed by atoms with van der Waals surface area (Å²) in [5.41, 5.74) is 1.73. The standard InChI is InChI=1S/C12H13NO/c1-11(13-14)7-5-6-10-12-8-3-2-4-9-12/h2-10,14H,1H3/b7-5+,10-6+,13-11-. The van der Waals surface area contributed by atoms with E-state index in [1.54, 1.807) is 13.0 Å². The van der Waals surface area contributed by atoms with Gasteiger partial charge in [0.25, 0.3) is 0 Å². The van der Waals surface area contributed by atoms with Crippen LogP contribution in [0.4, 0.5) is 0 Å². The van der Waals surface area contributed by atoms with E-state index in [9.17, 15) is 0 Å². The molecule has 0 aliphatic carbocycles. The molecule has 0 heterocycles. The van der Waals surface area contributed by atoms with Gasteiger partial charge in [-0.2, -0.15) is 0 Å². The van der Waals surface area contributed by atoms with Crippen LogP contribution in [0.3, 0.4) is 0 Å². The molecule has 72 valence electrons. The topological polar surface area (TPSA) is 32.6 Å². The van der Waals surface area contributed by atoms with Gasteiger partial charge in [-0.25, -0.2) is 0 Å². The Hall–Kier alpha value is -1.83. The Morgan fingerprint density at radius 3 is 2.57 bits per heavy atom. The molecule has 1 aromatic rings. The molecule has 1 aromatic carbocycles. The van der Waals surface area contributed by atoms with Crippen LogP contribution in [0, 0.1) is 0 Å². The number of hydrogen-bond donors (Lipinski definition) is 1. The van der Waals surface area contributed by atoms with E-state index in [-0.39, 0.29) is 0 Å². The smallest absolute Gasteiger partial charge is 0.0764 e. The number of nitrogens with zero attached hydrogens (tertiary/aromatic N) is 1. The zero-order chi connectivity index (χ0) is 10.2. The molecule has 1 N–H and O–H groups in total. The number of allylic oxidation sites excluding steroid dienone is 3. The molecule has 0 saturated heterocycles. The van der Waals surface area contributed by atoms with Crippen molar-refractivity contribution in [1.82, 2.24) is 0 Å². The molecule has 14 heavy (non-hydrogen) atoms. The summed E-state index contributed by atoms with van der Waals surface area (Å²) in [6.45, 7) is 1.73. The lowest BCUT2D eigenvalue weighted by Gasteiger charge is -1.88. The Balaban J connectivity index is 2.54. The maximum absolute atomic E-state index is 8.36. The van der Waals surface area contributed by atoms with Gasteiger partial charge in [-0.15, -0.1) is 0 Å². The van der Waals surface area contributed by atoms with E-state index in [0.29, 0.717) is 5.71 Å². The Bertz CT molecular complexity index is 350. The molecule has 1 rings (SSSR count). The van der Waals surface area contributed by atoms with Crippen molar-refractivity contribution in [3.8, 4) is 0 Å². The first kappa shape index (κ1) is 10.3. The van der Waals surface area contributed by atoms with Gasteiger partial charge in [-0.1, -0.05) is 53.7 Å². The molecular weight excluding hydrogens is 174 g/mol. The highest BCUT2D eigenvalue weighted by atomic mass is 16.4. The minimum atomic E-state index is 0.586. The predicted molar refractivity (Wildman–Crippen MR) is 59.5 cm³/mol. The van der Waals surface area contributed by atoms with Crippen LogP contribution in [-0.4, -0.2) is 10.9 Å². The highest BCUT2D eigenvalue weighted by Crippen LogP contribution is 2.00. The lowest BCUT2D eigenvalue weighted by molar-refractivity contribution is 0.319. The summed E-state index contributed by atoms with van der Waals surface area (Å²) in [4.78, 5) is 0. The molecule has 2 nitrogen and oxygen atoms in total. The molecule has 0 aliphatic heterocycles. The highest BCUT2D eigenvalue weighted by molar-refractivity contribution is 5.92. The van der Waals surface area contributed by atoms with Crippen LogP contribution < -0.4 is 0 Å². The van der Waals surface area contributed by atoms with Crippen molar-refractivity contribution in [2.45, 2.75) is 6.92 Å². The Labute approximate surface area is 83.9 Å². The third-order valence-corrected chi connectivity index (χ3v) is 1.69. The van der Waals surface area contributed by atoms with Crippen molar-refractivity contribution in [2.75, 3.05) is 0 Å². The van der Waals surface area contributed by atoms with Crippen molar-refractivity contribution >= 4 is 11.8 Å². The molecular formula is C12H13NO. The summed E-state index contributed by atoms with van der Waals surface area (Å²) in [5.74, 6) is 0. The van der Waals surface area contributed by atoms with E-state index < -0.39 is 0 Å². The molecule has 0 fully saturated rings. The molecule has 2 heteroatoms. The predicted octanol–water partition coefficient (Wildman–Crippen LogP) is 3.11. The van der Waals surface area contributed by atoms with Crippen LogP contribution in [-0.2, 0) is 0 Å². The van der Waals surface area contributed by atoms with E-state index >= 15 is 0 Å². The number of oxime groups is 1. The van der Waals surface area contributed by atoms with Gasteiger partial charge in [0.15, 0.2) is 0 Å². The molecule has 0 spiro atoms. The van der Waals surface area contributed by atoms with Gasteiger partial charge in [0.2, 0.25) is 0 Å². The third-order valence-electron chi connectivity index (χ3n) is 1.69. The lowest BCUT2D eigenvalue weighted by Crippen LogP contribution is -1.80. The quantitative estimate of drug-likeness (QED) is 0.335. The van der Waals surface area contributed by atoms with Crippen molar-refractivity contribution in [3.05, 3.63) is 54.1 Å². The van der Waals surface area contributed by atoms with Gasteiger partial charge in [0, 0.05) is 0 Å². The van der Waals surface area contributed by atoms with Gasteiger partial charge in [0.05, 0.1) is 5.71 Å². The fraction of sp³-hybridized carbons (Fsp3) is 0.0833. The molecule has 0 radical (unpaired) electrons. The van der Waals surface area contributed by atoms with Gasteiger partial charge < -0.3 is 5.21 Å².